The van der Waals surface area contributed by atoms with Gasteiger partial charge in [-0.25, -0.2) is 28.2 Å². The van der Waals surface area contributed by atoms with E-state index >= 15 is 0 Å². The van der Waals surface area contributed by atoms with Crippen LogP contribution in [-0.2, 0) is 23.7 Å². The van der Waals surface area contributed by atoms with Gasteiger partial charge in [-0.15, -0.1) is 5.10 Å². The molecule has 3 aliphatic rings. The summed E-state index contributed by atoms with van der Waals surface area (Å²) >= 11 is 1.53. The van der Waals surface area contributed by atoms with Gasteiger partial charge in [-0.05, 0) is 51.3 Å². The zero-order valence-electron chi connectivity index (χ0n) is 23.9. The summed E-state index contributed by atoms with van der Waals surface area (Å²) in [5.41, 5.74) is 1.77. The molecule has 3 fully saturated rings. The molecule has 226 valence electrons. The van der Waals surface area contributed by atoms with Gasteiger partial charge in [0.15, 0.2) is 39.6 Å². The molecular weight excluding hydrogens is 570 g/mol. The standard InChI is InChI=1S/C28H34F2N6O5S/c1-5-9-42-27-32-25(31-18-11-15(18)14-7-8-16(29)17(30)10-14)22-26(33-27)36(35-34-22)19-12-20(39-13-21(37)38-6-2)24-23(19)40-28(3,4)41-24/h7-8,10,15,18-20,23-24H,5-6,9,11-13H2,1-4H3,(H,31,32,33)/t15-,18+,19+,20-,23-,24+/m0/s1. The molecular formula is C28H34F2N6O5S. The Hall–Kier alpha value is -2.94. The average molecular weight is 605 g/mol. The van der Waals surface area contributed by atoms with Crippen molar-refractivity contribution in [1.82, 2.24) is 25.0 Å². The van der Waals surface area contributed by atoms with Gasteiger partial charge in [0.1, 0.15) is 18.8 Å². The van der Waals surface area contributed by atoms with Gasteiger partial charge in [0.05, 0.1) is 18.8 Å². The lowest BCUT2D eigenvalue weighted by Crippen LogP contribution is -2.32. The third-order valence-corrected chi connectivity index (χ3v) is 8.69. The topological polar surface area (TPSA) is 123 Å². The first-order chi connectivity index (χ1) is 20.2. The molecule has 6 rings (SSSR count). The van der Waals surface area contributed by atoms with Crippen LogP contribution in [0.1, 0.15) is 64.5 Å². The van der Waals surface area contributed by atoms with Gasteiger partial charge < -0.3 is 24.3 Å². The molecule has 11 nitrogen and oxygen atoms in total. The van der Waals surface area contributed by atoms with Crippen LogP contribution in [0, 0.1) is 11.6 Å². The van der Waals surface area contributed by atoms with Crippen molar-refractivity contribution in [1.29, 1.82) is 0 Å². The Morgan fingerprint density at radius 2 is 1.98 bits per heavy atom. The molecule has 2 saturated carbocycles. The highest BCUT2D eigenvalue weighted by atomic mass is 32.2. The number of halogens is 2. The van der Waals surface area contributed by atoms with E-state index in [4.69, 9.17) is 28.9 Å². The lowest BCUT2D eigenvalue weighted by molar-refractivity contribution is -0.174. The molecule has 3 heterocycles. The van der Waals surface area contributed by atoms with Crippen LogP contribution in [0.5, 0.6) is 0 Å². The Morgan fingerprint density at radius 3 is 2.74 bits per heavy atom. The number of nitrogens with zero attached hydrogens (tertiary/aromatic N) is 5. The zero-order valence-corrected chi connectivity index (χ0v) is 24.7. The first-order valence-corrected chi connectivity index (χ1v) is 15.3. The molecule has 0 unspecified atom stereocenters. The number of nitrogens with one attached hydrogen (secondary N) is 1. The summed E-state index contributed by atoms with van der Waals surface area (Å²) in [6.07, 6.45) is 0.899. The van der Waals surface area contributed by atoms with E-state index in [2.05, 4.69) is 22.6 Å². The molecule has 0 bridgehead atoms. The van der Waals surface area contributed by atoms with Crippen LogP contribution in [0.25, 0.3) is 11.2 Å². The summed E-state index contributed by atoms with van der Waals surface area (Å²) in [4.78, 5) is 21.6. The quantitative estimate of drug-likeness (QED) is 0.191. The van der Waals surface area contributed by atoms with Crippen molar-refractivity contribution >= 4 is 34.7 Å². The second kappa shape index (κ2) is 11.6. The molecule has 2 aromatic heterocycles. The number of hydrogen-bond acceptors (Lipinski definition) is 11. The van der Waals surface area contributed by atoms with Crippen molar-refractivity contribution in [3.8, 4) is 0 Å². The fourth-order valence-electron chi connectivity index (χ4n) is 5.72. The van der Waals surface area contributed by atoms with E-state index in [0.717, 1.165) is 30.2 Å². The van der Waals surface area contributed by atoms with Crippen LogP contribution in [0.4, 0.5) is 14.6 Å². The second-order valence-electron chi connectivity index (χ2n) is 11.2. The maximum atomic E-state index is 13.9. The lowest BCUT2D eigenvalue weighted by Gasteiger charge is -2.23. The fraction of sp³-hybridized carbons (Fsp3) is 0.607. The van der Waals surface area contributed by atoms with Crippen molar-refractivity contribution in [2.24, 2.45) is 0 Å². The highest BCUT2D eigenvalue weighted by Gasteiger charge is 2.56. The summed E-state index contributed by atoms with van der Waals surface area (Å²) < 4.78 is 52.5. The first-order valence-electron chi connectivity index (χ1n) is 14.3. The largest absolute Gasteiger partial charge is 0.464 e. The van der Waals surface area contributed by atoms with E-state index in [1.807, 2.05) is 13.8 Å². The zero-order chi connectivity index (χ0) is 29.6. The minimum Gasteiger partial charge on any atom is -0.464 e. The Kier molecular flexibility index (Phi) is 8.07. The molecule has 1 N–H and O–H groups in total. The molecule has 42 heavy (non-hydrogen) atoms. The highest BCUT2D eigenvalue weighted by molar-refractivity contribution is 7.99. The third kappa shape index (κ3) is 5.81. The Labute approximate surface area is 246 Å². The van der Waals surface area contributed by atoms with E-state index in [1.165, 1.54) is 17.8 Å². The molecule has 1 aliphatic heterocycles. The van der Waals surface area contributed by atoms with E-state index in [1.54, 1.807) is 17.7 Å². The van der Waals surface area contributed by atoms with Gasteiger partial charge in [-0.3, -0.25) is 0 Å². The summed E-state index contributed by atoms with van der Waals surface area (Å²) in [6, 6.07) is 3.67. The van der Waals surface area contributed by atoms with Gasteiger partial charge in [-0.2, -0.15) is 0 Å². The number of anilines is 1. The van der Waals surface area contributed by atoms with Crippen molar-refractivity contribution in [2.75, 3.05) is 24.3 Å². The van der Waals surface area contributed by atoms with Crippen molar-refractivity contribution in [3.63, 3.8) is 0 Å². The Bertz CT molecular complexity index is 1470. The summed E-state index contributed by atoms with van der Waals surface area (Å²) in [5, 5.41) is 13.0. The van der Waals surface area contributed by atoms with E-state index < -0.39 is 41.7 Å². The molecule has 0 amide bonds. The van der Waals surface area contributed by atoms with Gasteiger partial charge in [0.2, 0.25) is 0 Å². The number of rotatable bonds is 11. The van der Waals surface area contributed by atoms with Crippen LogP contribution in [0.3, 0.4) is 0 Å². The lowest BCUT2D eigenvalue weighted by atomic mass is 10.1. The normalized spacial score (nSPS) is 27.8. The molecule has 0 spiro atoms. The number of hydrogen-bond donors (Lipinski definition) is 1. The smallest absolute Gasteiger partial charge is 0.332 e. The number of benzene rings is 1. The molecule has 2 aliphatic carbocycles. The van der Waals surface area contributed by atoms with E-state index in [0.29, 0.717) is 28.6 Å². The van der Waals surface area contributed by atoms with Crippen molar-refractivity contribution in [2.45, 2.75) is 94.2 Å². The number of esters is 1. The average Bonchev–Trinajstić information content (AvgIpc) is 3.28. The minimum absolute atomic E-state index is 0.0195. The van der Waals surface area contributed by atoms with Crippen molar-refractivity contribution < 1.29 is 32.5 Å². The minimum atomic E-state index is -0.863. The van der Waals surface area contributed by atoms with E-state index in [-0.39, 0.29) is 31.2 Å². The molecule has 14 heteroatoms. The predicted molar refractivity (Wildman–Crippen MR) is 149 cm³/mol. The molecule has 1 aromatic carbocycles. The van der Waals surface area contributed by atoms with Crippen LogP contribution in [0.2, 0.25) is 0 Å². The number of aromatic nitrogens is 5. The molecule has 1 saturated heterocycles. The SMILES string of the molecule is CCCSc1nc(N[C@@H]2C[C@H]2c2ccc(F)c(F)c2)c2nnn([C@@H]3C[C@H](OCC(=O)OCC)[C@H]4OC(C)(C)O[C@H]43)c2n1. The number of fused-ring (bicyclic) bond motifs is 2. The van der Waals surface area contributed by atoms with Gasteiger partial charge in [0.25, 0.3) is 0 Å². The number of ether oxygens (including phenoxy) is 4. The maximum absolute atomic E-state index is 13.9. The van der Waals surface area contributed by atoms with Crippen LogP contribution >= 0.6 is 11.8 Å². The number of carbonyl (C=O) groups is 1. The van der Waals surface area contributed by atoms with Crippen LogP contribution in [-0.4, -0.2) is 80.0 Å². The predicted octanol–water partition coefficient (Wildman–Crippen LogP) is 4.38. The van der Waals surface area contributed by atoms with Gasteiger partial charge in [0, 0.05) is 24.1 Å². The first kappa shape index (κ1) is 29.1. The monoisotopic (exact) mass is 604 g/mol. The molecule has 0 radical (unpaired) electrons. The van der Waals surface area contributed by atoms with Crippen LogP contribution in [0.15, 0.2) is 23.4 Å². The summed E-state index contributed by atoms with van der Waals surface area (Å²) in [7, 11) is 0. The van der Waals surface area contributed by atoms with Crippen molar-refractivity contribution in [3.05, 3.63) is 35.4 Å². The summed E-state index contributed by atoms with van der Waals surface area (Å²) in [6.45, 7) is 7.60. The third-order valence-electron chi connectivity index (χ3n) is 7.64. The Balaban J connectivity index is 1.28. The molecule has 3 aromatic rings. The number of carbonyl (C=O) groups excluding carboxylic acids is 1. The van der Waals surface area contributed by atoms with Gasteiger partial charge in [-0.1, -0.05) is 30.0 Å². The maximum Gasteiger partial charge on any atom is 0.332 e. The Morgan fingerprint density at radius 1 is 1.17 bits per heavy atom. The van der Waals surface area contributed by atoms with Gasteiger partial charge >= 0.3 is 5.97 Å². The second-order valence-corrected chi connectivity index (χ2v) is 12.3. The molecule has 6 atom stereocenters. The fourth-order valence-corrected chi connectivity index (χ4v) is 6.42. The van der Waals surface area contributed by atoms with E-state index in [9.17, 15) is 13.6 Å². The summed E-state index contributed by atoms with van der Waals surface area (Å²) in [5.74, 6) is -1.62. The van der Waals surface area contributed by atoms with Crippen LogP contribution < -0.4 is 5.32 Å². The number of thioether (sulfide) groups is 1. The highest BCUT2D eigenvalue weighted by Crippen LogP contribution is 2.47.